The van der Waals surface area contributed by atoms with E-state index in [1.54, 1.807) is 16.4 Å². The van der Waals surface area contributed by atoms with Crippen LogP contribution in [0.1, 0.15) is 12.0 Å². The number of likely N-dealkylation sites (N-methyl/N-ethyl adjacent to an activating group) is 1. The van der Waals surface area contributed by atoms with Gasteiger partial charge in [0.1, 0.15) is 0 Å². The second kappa shape index (κ2) is 6.51. The van der Waals surface area contributed by atoms with Gasteiger partial charge in [-0.2, -0.15) is 4.31 Å². The predicted molar refractivity (Wildman–Crippen MR) is 89.8 cm³/mol. The molecule has 0 amide bonds. The molecule has 128 valence electrons. The first-order chi connectivity index (χ1) is 10.9. The van der Waals surface area contributed by atoms with E-state index in [9.17, 15) is 8.42 Å². The average molecular weight is 338 g/mol. The number of hydrogen-bond acceptors (Lipinski definition) is 4. The van der Waals surface area contributed by atoms with Crippen LogP contribution in [0.3, 0.4) is 0 Å². The Kier molecular flexibility index (Phi) is 4.78. The van der Waals surface area contributed by atoms with Gasteiger partial charge in [-0.15, -0.1) is 0 Å². The second-order valence-corrected chi connectivity index (χ2v) is 8.96. The molecule has 3 rings (SSSR count). The van der Waals surface area contributed by atoms with Crippen molar-refractivity contribution < 1.29 is 13.2 Å². The number of benzene rings is 1. The summed E-state index contributed by atoms with van der Waals surface area (Å²) in [6, 6.07) is 7.12. The molecule has 2 saturated heterocycles. The first-order valence-electron chi connectivity index (χ1n) is 8.21. The molecule has 0 saturated carbocycles. The van der Waals surface area contributed by atoms with Crippen LogP contribution in [0.4, 0.5) is 0 Å². The van der Waals surface area contributed by atoms with E-state index < -0.39 is 10.0 Å². The first-order valence-corrected chi connectivity index (χ1v) is 9.65. The van der Waals surface area contributed by atoms with E-state index >= 15 is 0 Å². The molecule has 6 heteroatoms. The van der Waals surface area contributed by atoms with Crippen LogP contribution in [-0.2, 0) is 14.8 Å². The van der Waals surface area contributed by atoms with Gasteiger partial charge in [0.05, 0.1) is 17.6 Å². The zero-order chi connectivity index (χ0) is 16.6. The molecule has 2 aliphatic heterocycles. The van der Waals surface area contributed by atoms with E-state index in [1.165, 1.54) is 0 Å². The highest BCUT2D eigenvalue weighted by molar-refractivity contribution is 7.89. The van der Waals surface area contributed by atoms with Crippen molar-refractivity contribution in [1.82, 2.24) is 9.21 Å². The highest BCUT2D eigenvalue weighted by atomic mass is 32.2. The summed E-state index contributed by atoms with van der Waals surface area (Å²) in [5.74, 6) is 0.788. The number of hydrogen-bond donors (Lipinski definition) is 0. The maximum Gasteiger partial charge on any atom is 0.243 e. The summed E-state index contributed by atoms with van der Waals surface area (Å²) in [7, 11) is 0.708. The van der Waals surface area contributed by atoms with Crippen LogP contribution in [0.2, 0.25) is 0 Å². The summed E-state index contributed by atoms with van der Waals surface area (Å²) in [5.41, 5.74) is 1.07. The zero-order valence-corrected chi connectivity index (χ0v) is 14.9. The average Bonchev–Trinajstić information content (AvgIpc) is 2.89. The Hall–Kier alpha value is -0.950. The van der Waals surface area contributed by atoms with Crippen LogP contribution < -0.4 is 0 Å². The van der Waals surface area contributed by atoms with Crippen LogP contribution in [0, 0.1) is 18.8 Å². The normalized spacial score (nSPS) is 29.0. The smallest absolute Gasteiger partial charge is 0.243 e. The lowest BCUT2D eigenvalue weighted by Crippen LogP contribution is -2.45. The van der Waals surface area contributed by atoms with Crippen molar-refractivity contribution in [3.05, 3.63) is 29.8 Å². The van der Waals surface area contributed by atoms with E-state index in [-0.39, 0.29) is 6.10 Å². The fraction of sp³-hybridized carbons (Fsp3) is 0.647. The van der Waals surface area contributed by atoms with Crippen molar-refractivity contribution in [2.45, 2.75) is 24.3 Å². The second-order valence-electron chi connectivity index (χ2n) is 7.02. The van der Waals surface area contributed by atoms with Gasteiger partial charge in [0.15, 0.2) is 0 Å². The summed E-state index contributed by atoms with van der Waals surface area (Å²) in [6.45, 7) is 4.70. The fourth-order valence-corrected chi connectivity index (χ4v) is 5.19. The Morgan fingerprint density at radius 2 is 1.96 bits per heavy atom. The molecule has 0 aromatic heterocycles. The molecule has 0 N–H and O–H groups in total. The maximum absolute atomic E-state index is 12.8. The molecule has 0 spiro atoms. The molecule has 0 aliphatic carbocycles. The van der Waals surface area contributed by atoms with Crippen LogP contribution in [0.15, 0.2) is 29.2 Å². The molecular formula is C17H26N2O3S. The highest BCUT2D eigenvalue weighted by Crippen LogP contribution is 2.36. The lowest BCUT2D eigenvalue weighted by Gasteiger charge is -2.35. The minimum absolute atomic E-state index is 0.235. The third-order valence-electron chi connectivity index (χ3n) is 4.96. The third kappa shape index (κ3) is 3.45. The number of ether oxygens (including phenoxy) is 1. The summed E-state index contributed by atoms with van der Waals surface area (Å²) in [5, 5.41) is 0. The van der Waals surface area contributed by atoms with Gasteiger partial charge in [-0.1, -0.05) is 17.7 Å². The van der Waals surface area contributed by atoms with Gasteiger partial charge < -0.3 is 9.64 Å². The third-order valence-corrected chi connectivity index (χ3v) is 6.84. The molecule has 1 aromatic rings. The van der Waals surface area contributed by atoms with Crippen molar-refractivity contribution in [3.8, 4) is 0 Å². The van der Waals surface area contributed by atoms with Gasteiger partial charge in [0.2, 0.25) is 10.0 Å². The Bertz CT molecular complexity index is 642. The van der Waals surface area contributed by atoms with Gasteiger partial charge >= 0.3 is 0 Å². The van der Waals surface area contributed by atoms with E-state index in [4.69, 9.17) is 4.74 Å². The molecule has 0 unspecified atom stereocenters. The molecule has 0 radical (unpaired) electrons. The van der Waals surface area contributed by atoms with Crippen molar-refractivity contribution in [3.63, 3.8) is 0 Å². The monoisotopic (exact) mass is 338 g/mol. The van der Waals surface area contributed by atoms with Gasteiger partial charge in [0.25, 0.3) is 0 Å². The van der Waals surface area contributed by atoms with Gasteiger partial charge in [-0.3, -0.25) is 0 Å². The Morgan fingerprint density at radius 1 is 1.26 bits per heavy atom. The lowest BCUT2D eigenvalue weighted by atomic mass is 9.85. The summed E-state index contributed by atoms with van der Waals surface area (Å²) in [4.78, 5) is 2.54. The number of nitrogens with zero attached hydrogens (tertiary/aromatic N) is 2. The molecule has 0 bridgehead atoms. The van der Waals surface area contributed by atoms with Crippen LogP contribution in [-0.4, -0.2) is 64.1 Å². The van der Waals surface area contributed by atoms with E-state index in [0.717, 1.165) is 18.5 Å². The van der Waals surface area contributed by atoms with Crippen LogP contribution in [0.5, 0.6) is 0 Å². The van der Waals surface area contributed by atoms with E-state index in [0.29, 0.717) is 36.4 Å². The Morgan fingerprint density at radius 3 is 2.61 bits per heavy atom. The molecule has 23 heavy (non-hydrogen) atoms. The van der Waals surface area contributed by atoms with Crippen molar-refractivity contribution in [1.29, 1.82) is 0 Å². The molecule has 1 aromatic carbocycles. The van der Waals surface area contributed by atoms with Crippen molar-refractivity contribution >= 4 is 10.0 Å². The standard InChI is InChI=1S/C17H26N2O3S/c1-13-4-6-15(7-5-13)23(20,21)19-9-8-16-14(10-19)12-22-17(16)11-18(2)3/h4-7,14,16-17H,8-12H2,1-3H3/t14-,16-,17-/m0/s1. The number of piperidine rings is 1. The topological polar surface area (TPSA) is 49.9 Å². The van der Waals surface area contributed by atoms with Crippen molar-refractivity contribution in [2.75, 3.05) is 40.3 Å². The Labute approximate surface area is 139 Å². The zero-order valence-electron chi connectivity index (χ0n) is 14.1. The van der Waals surface area contributed by atoms with E-state index in [2.05, 4.69) is 4.90 Å². The van der Waals surface area contributed by atoms with Crippen LogP contribution in [0.25, 0.3) is 0 Å². The number of aryl methyl sites for hydroxylation is 1. The van der Waals surface area contributed by atoms with Crippen molar-refractivity contribution in [2.24, 2.45) is 11.8 Å². The predicted octanol–water partition coefficient (Wildman–Crippen LogP) is 1.58. The lowest BCUT2D eigenvalue weighted by molar-refractivity contribution is 0.0653. The molecule has 3 atom stereocenters. The first kappa shape index (κ1) is 16.9. The molecule has 2 aliphatic rings. The largest absolute Gasteiger partial charge is 0.376 e. The number of rotatable bonds is 4. The summed E-state index contributed by atoms with van der Waals surface area (Å²) < 4.78 is 33.2. The van der Waals surface area contributed by atoms with Gasteiger partial charge in [-0.25, -0.2) is 8.42 Å². The number of fused-ring (bicyclic) bond motifs is 1. The molecule has 2 fully saturated rings. The Balaban J connectivity index is 1.71. The molecule has 5 nitrogen and oxygen atoms in total. The number of sulfonamides is 1. The quantitative estimate of drug-likeness (QED) is 0.836. The van der Waals surface area contributed by atoms with E-state index in [1.807, 2.05) is 33.2 Å². The summed E-state index contributed by atoms with van der Waals surface area (Å²) in [6.07, 6.45) is 1.12. The highest BCUT2D eigenvalue weighted by Gasteiger charge is 2.43. The fourth-order valence-electron chi connectivity index (χ4n) is 3.68. The minimum atomic E-state index is -3.39. The van der Waals surface area contributed by atoms with Gasteiger partial charge in [-0.05, 0) is 45.5 Å². The van der Waals surface area contributed by atoms with Gasteiger partial charge in [0, 0.05) is 25.6 Å². The molecule has 2 heterocycles. The minimum Gasteiger partial charge on any atom is -0.376 e. The SMILES string of the molecule is Cc1ccc(S(=O)(=O)N2CC[C@H]3[C@H](CO[C@H]3CN(C)C)C2)cc1. The maximum atomic E-state index is 12.8. The summed E-state index contributed by atoms with van der Waals surface area (Å²) >= 11 is 0. The van der Waals surface area contributed by atoms with Crippen LogP contribution >= 0.6 is 0 Å². The molecular weight excluding hydrogens is 312 g/mol.